The Bertz CT molecular complexity index is 564. The quantitative estimate of drug-likeness (QED) is 0.566. The highest BCUT2D eigenvalue weighted by Crippen LogP contribution is 2.11. The zero-order valence-electron chi connectivity index (χ0n) is 9.00. The number of allylic oxidation sites excluding steroid dienone is 4. The maximum atomic E-state index is 11.8. The zero-order valence-corrected chi connectivity index (χ0v) is 9.00. The highest BCUT2D eigenvalue weighted by molar-refractivity contribution is 5.96. The lowest BCUT2D eigenvalue weighted by Crippen LogP contribution is -2.04. The summed E-state index contributed by atoms with van der Waals surface area (Å²) in [6.07, 6.45) is 8.48. The molecule has 0 radical (unpaired) electrons. The minimum absolute atomic E-state index is 0.0909. The molecule has 2 aromatic rings. The average molecular weight is 212 g/mol. The van der Waals surface area contributed by atoms with Gasteiger partial charge in [-0.05, 0) is 19.1 Å². The Balaban J connectivity index is 2.37. The second-order valence-corrected chi connectivity index (χ2v) is 3.33. The molecule has 0 aliphatic heterocycles. The van der Waals surface area contributed by atoms with Crippen LogP contribution in [0.15, 0.2) is 54.9 Å². The van der Waals surface area contributed by atoms with Crippen molar-refractivity contribution in [2.75, 3.05) is 0 Å². The first-order valence-electron chi connectivity index (χ1n) is 5.08. The lowest BCUT2D eigenvalue weighted by Gasteiger charge is -1.96. The molecule has 0 fully saturated rings. The highest BCUT2D eigenvalue weighted by Gasteiger charge is 2.05. The minimum atomic E-state index is -0.0909. The second-order valence-electron chi connectivity index (χ2n) is 3.33. The molecule has 0 atom stereocenters. The van der Waals surface area contributed by atoms with E-state index in [1.807, 2.05) is 43.3 Å². The Morgan fingerprint density at radius 3 is 2.94 bits per heavy atom. The Morgan fingerprint density at radius 2 is 2.12 bits per heavy atom. The van der Waals surface area contributed by atoms with Gasteiger partial charge in [-0.25, -0.2) is 4.98 Å². The maximum Gasteiger partial charge on any atom is 0.256 e. The fraction of sp³-hybridized carbons (Fsp3) is 0.0769. The van der Waals surface area contributed by atoms with E-state index in [1.165, 1.54) is 10.6 Å². The van der Waals surface area contributed by atoms with E-state index in [-0.39, 0.29) is 5.91 Å². The van der Waals surface area contributed by atoms with Crippen molar-refractivity contribution >= 4 is 16.9 Å². The van der Waals surface area contributed by atoms with Crippen LogP contribution in [0.1, 0.15) is 11.7 Å². The number of carbonyl (C=O) groups is 1. The van der Waals surface area contributed by atoms with Crippen LogP contribution in [0, 0.1) is 0 Å². The van der Waals surface area contributed by atoms with Crippen LogP contribution in [0.2, 0.25) is 0 Å². The molecule has 0 spiro atoms. The van der Waals surface area contributed by atoms with Crippen LogP contribution in [-0.2, 0) is 0 Å². The van der Waals surface area contributed by atoms with Crippen molar-refractivity contribution in [2.45, 2.75) is 6.92 Å². The summed E-state index contributed by atoms with van der Waals surface area (Å²) in [5.74, 6) is -0.0909. The van der Waals surface area contributed by atoms with Gasteiger partial charge in [0, 0.05) is 6.08 Å². The van der Waals surface area contributed by atoms with Gasteiger partial charge in [-0.15, -0.1) is 0 Å². The highest BCUT2D eigenvalue weighted by atomic mass is 16.1. The predicted molar refractivity (Wildman–Crippen MR) is 64.3 cm³/mol. The molecular weight excluding hydrogens is 200 g/mol. The van der Waals surface area contributed by atoms with Crippen molar-refractivity contribution in [3.8, 4) is 0 Å². The van der Waals surface area contributed by atoms with Gasteiger partial charge in [-0.3, -0.25) is 9.36 Å². The van der Waals surface area contributed by atoms with Crippen LogP contribution < -0.4 is 0 Å². The molecule has 1 heterocycles. The number of benzene rings is 1. The van der Waals surface area contributed by atoms with Crippen LogP contribution in [-0.4, -0.2) is 15.5 Å². The van der Waals surface area contributed by atoms with Gasteiger partial charge < -0.3 is 0 Å². The van der Waals surface area contributed by atoms with Crippen molar-refractivity contribution in [1.82, 2.24) is 9.55 Å². The second kappa shape index (κ2) is 4.57. The van der Waals surface area contributed by atoms with Crippen LogP contribution in [0.3, 0.4) is 0 Å². The number of nitrogens with zero attached hydrogens (tertiary/aromatic N) is 2. The van der Waals surface area contributed by atoms with Gasteiger partial charge in [-0.2, -0.15) is 0 Å². The molecule has 0 N–H and O–H groups in total. The minimum Gasteiger partial charge on any atom is -0.269 e. The van der Waals surface area contributed by atoms with Gasteiger partial charge in [-0.1, -0.05) is 30.4 Å². The Hall–Kier alpha value is -2.16. The van der Waals surface area contributed by atoms with Crippen LogP contribution in [0.4, 0.5) is 0 Å². The molecule has 3 nitrogen and oxygen atoms in total. The Morgan fingerprint density at radius 1 is 1.31 bits per heavy atom. The molecule has 1 aromatic heterocycles. The van der Waals surface area contributed by atoms with Crippen LogP contribution >= 0.6 is 0 Å². The van der Waals surface area contributed by atoms with E-state index >= 15 is 0 Å². The van der Waals surface area contributed by atoms with Crippen LogP contribution in [0.5, 0.6) is 0 Å². The van der Waals surface area contributed by atoms with Crippen molar-refractivity contribution < 1.29 is 4.79 Å². The molecule has 0 unspecified atom stereocenters. The van der Waals surface area contributed by atoms with Gasteiger partial charge in [0.2, 0.25) is 0 Å². The number of aromatic nitrogens is 2. The SMILES string of the molecule is C/C=C/C=C/C(=O)n1cnc2ccccc21. The first-order chi connectivity index (χ1) is 7.83. The number of para-hydroxylation sites is 2. The van der Waals surface area contributed by atoms with E-state index in [4.69, 9.17) is 0 Å². The Labute approximate surface area is 93.7 Å². The number of carbonyl (C=O) groups excluding carboxylic acids is 1. The molecule has 3 heteroatoms. The summed E-state index contributed by atoms with van der Waals surface area (Å²) in [6.45, 7) is 1.90. The molecular formula is C13H12N2O. The van der Waals surface area contributed by atoms with Crippen molar-refractivity contribution in [2.24, 2.45) is 0 Å². The number of hydrogen-bond acceptors (Lipinski definition) is 2. The van der Waals surface area contributed by atoms with E-state index < -0.39 is 0 Å². The van der Waals surface area contributed by atoms with Gasteiger partial charge in [0.25, 0.3) is 5.91 Å². The molecule has 0 amide bonds. The van der Waals surface area contributed by atoms with Gasteiger partial charge in [0.15, 0.2) is 0 Å². The molecule has 2 rings (SSSR count). The van der Waals surface area contributed by atoms with Crippen molar-refractivity contribution in [3.05, 3.63) is 54.9 Å². The number of fused-ring (bicyclic) bond motifs is 1. The van der Waals surface area contributed by atoms with Gasteiger partial charge in [0.05, 0.1) is 11.0 Å². The summed E-state index contributed by atoms with van der Waals surface area (Å²) in [5, 5.41) is 0. The first kappa shape index (κ1) is 10.4. The Kier molecular flexibility index (Phi) is 2.96. The van der Waals surface area contributed by atoms with Crippen molar-refractivity contribution in [3.63, 3.8) is 0 Å². The lowest BCUT2D eigenvalue weighted by molar-refractivity contribution is 0.0973. The molecule has 0 bridgehead atoms. The zero-order chi connectivity index (χ0) is 11.4. The largest absolute Gasteiger partial charge is 0.269 e. The maximum absolute atomic E-state index is 11.8. The molecule has 16 heavy (non-hydrogen) atoms. The standard InChI is InChI=1S/C13H12N2O/c1-2-3-4-9-13(16)15-10-14-11-7-5-6-8-12(11)15/h2-10H,1H3/b3-2+,9-4+. The average Bonchev–Trinajstić information content (AvgIpc) is 2.73. The van der Waals surface area contributed by atoms with Crippen molar-refractivity contribution in [1.29, 1.82) is 0 Å². The third kappa shape index (κ3) is 1.93. The normalized spacial score (nSPS) is 11.8. The third-order valence-electron chi connectivity index (χ3n) is 2.23. The molecule has 0 saturated heterocycles. The number of rotatable bonds is 2. The summed E-state index contributed by atoms with van der Waals surface area (Å²) in [5.41, 5.74) is 1.66. The van der Waals surface area contributed by atoms with E-state index in [0.717, 1.165) is 11.0 Å². The topological polar surface area (TPSA) is 34.9 Å². The summed E-state index contributed by atoms with van der Waals surface area (Å²) in [4.78, 5) is 16.0. The van der Waals surface area contributed by atoms with Gasteiger partial charge >= 0.3 is 0 Å². The first-order valence-corrected chi connectivity index (χ1v) is 5.08. The van der Waals surface area contributed by atoms with E-state index in [2.05, 4.69) is 4.98 Å². The summed E-state index contributed by atoms with van der Waals surface area (Å²) in [6, 6.07) is 7.56. The van der Waals surface area contributed by atoms with E-state index in [1.54, 1.807) is 12.4 Å². The fourth-order valence-corrected chi connectivity index (χ4v) is 1.46. The molecule has 0 aliphatic rings. The molecule has 80 valence electrons. The molecule has 0 saturated carbocycles. The summed E-state index contributed by atoms with van der Waals surface area (Å²) < 4.78 is 1.54. The fourth-order valence-electron chi connectivity index (χ4n) is 1.46. The monoisotopic (exact) mass is 212 g/mol. The molecule has 1 aromatic carbocycles. The number of hydrogen-bond donors (Lipinski definition) is 0. The summed E-state index contributed by atoms with van der Waals surface area (Å²) in [7, 11) is 0. The smallest absolute Gasteiger partial charge is 0.256 e. The number of imidazole rings is 1. The van der Waals surface area contributed by atoms with E-state index in [0.29, 0.717) is 0 Å². The molecule has 0 aliphatic carbocycles. The third-order valence-corrected chi connectivity index (χ3v) is 2.23. The van der Waals surface area contributed by atoms with E-state index in [9.17, 15) is 4.79 Å². The predicted octanol–water partition coefficient (Wildman–Crippen LogP) is 2.81. The van der Waals surface area contributed by atoms with Crippen LogP contribution in [0.25, 0.3) is 11.0 Å². The summed E-state index contributed by atoms with van der Waals surface area (Å²) >= 11 is 0. The lowest BCUT2D eigenvalue weighted by atomic mass is 10.3. The van der Waals surface area contributed by atoms with Gasteiger partial charge in [0.1, 0.15) is 6.33 Å².